The molecule has 33 heavy (non-hydrogen) atoms. The lowest BCUT2D eigenvalue weighted by atomic mass is 9.85. The summed E-state index contributed by atoms with van der Waals surface area (Å²) in [7, 11) is 1.76. The Labute approximate surface area is 196 Å². The number of aryl methyl sites for hydroxylation is 1. The van der Waals surface area contributed by atoms with E-state index in [1.165, 1.54) is 28.9 Å². The molecule has 2 heterocycles. The third-order valence-electron chi connectivity index (χ3n) is 7.92. The maximum Gasteiger partial charge on any atom is 0.233 e. The van der Waals surface area contributed by atoms with Gasteiger partial charge in [-0.3, -0.25) is 24.4 Å². The van der Waals surface area contributed by atoms with Gasteiger partial charge in [0.15, 0.2) is 5.96 Å². The summed E-state index contributed by atoms with van der Waals surface area (Å²) in [6.45, 7) is 5.98. The van der Waals surface area contributed by atoms with Crippen LogP contribution in [0.2, 0.25) is 0 Å². The van der Waals surface area contributed by atoms with Gasteiger partial charge in [-0.05, 0) is 56.7 Å². The van der Waals surface area contributed by atoms with Crippen LogP contribution < -0.4 is 10.6 Å². The summed E-state index contributed by atoms with van der Waals surface area (Å²) in [5, 5.41) is 6.78. The molecule has 5 unspecified atom stereocenters. The second-order valence-corrected chi connectivity index (χ2v) is 9.88. The Morgan fingerprint density at radius 2 is 1.67 bits per heavy atom. The first-order valence-electron chi connectivity index (χ1n) is 12.4. The molecule has 0 aromatic heterocycles. The number of hydrogen-bond donors (Lipinski definition) is 2. The van der Waals surface area contributed by atoms with Crippen molar-refractivity contribution in [2.75, 3.05) is 39.8 Å². The van der Waals surface area contributed by atoms with Crippen LogP contribution in [0.3, 0.4) is 0 Å². The second-order valence-electron chi connectivity index (χ2n) is 9.88. The number of benzene rings is 1. The van der Waals surface area contributed by atoms with Crippen LogP contribution in [0.4, 0.5) is 0 Å². The highest BCUT2D eigenvalue weighted by Crippen LogP contribution is 2.52. The normalized spacial score (nSPS) is 29.8. The average Bonchev–Trinajstić information content (AvgIpc) is 3.61. The molecule has 3 fully saturated rings. The minimum absolute atomic E-state index is 0.0139. The highest BCUT2D eigenvalue weighted by Gasteiger charge is 2.58. The van der Waals surface area contributed by atoms with Crippen molar-refractivity contribution in [2.45, 2.75) is 32.2 Å². The van der Waals surface area contributed by atoms with Crippen LogP contribution in [0.25, 0.3) is 0 Å². The van der Waals surface area contributed by atoms with Gasteiger partial charge in [-0.2, -0.15) is 0 Å². The zero-order chi connectivity index (χ0) is 22.9. The Bertz CT molecular complexity index is 920. The third kappa shape index (κ3) is 4.19. The molecule has 2 aliphatic heterocycles. The molecule has 4 aliphatic rings. The van der Waals surface area contributed by atoms with Crippen molar-refractivity contribution in [3.63, 3.8) is 0 Å². The number of rotatable bonds is 7. The fraction of sp³-hybridized carbons (Fsp3) is 0.577. The van der Waals surface area contributed by atoms with E-state index in [-0.39, 0.29) is 41.5 Å². The van der Waals surface area contributed by atoms with E-state index in [0.29, 0.717) is 19.0 Å². The Balaban J connectivity index is 1.15. The number of fused-ring (bicyclic) bond motifs is 5. The van der Waals surface area contributed by atoms with Crippen molar-refractivity contribution >= 4 is 17.8 Å². The minimum Gasteiger partial charge on any atom is -0.355 e. The molecule has 0 radical (unpaired) electrons. The molecule has 2 amide bonds. The van der Waals surface area contributed by atoms with Crippen molar-refractivity contribution in [3.8, 4) is 0 Å². The number of amides is 2. The van der Waals surface area contributed by atoms with E-state index in [2.05, 4.69) is 63.9 Å². The predicted molar refractivity (Wildman–Crippen MR) is 129 cm³/mol. The number of allylic oxidation sites excluding steroid dienone is 2. The highest BCUT2D eigenvalue weighted by atomic mass is 16.2. The zero-order valence-corrected chi connectivity index (χ0v) is 19.7. The maximum absolute atomic E-state index is 12.9. The van der Waals surface area contributed by atoms with Gasteiger partial charge < -0.3 is 10.6 Å². The summed E-state index contributed by atoms with van der Waals surface area (Å²) < 4.78 is 0. The Morgan fingerprint density at radius 3 is 2.27 bits per heavy atom. The van der Waals surface area contributed by atoms with Crippen molar-refractivity contribution < 1.29 is 9.59 Å². The molecular formula is C26H35N5O2. The lowest BCUT2D eigenvalue weighted by molar-refractivity contribution is -0.140. The molecule has 1 aromatic rings. The minimum atomic E-state index is -0.124. The molecule has 2 saturated heterocycles. The molecule has 2 N–H and O–H groups in total. The standard InChI is InChI=1S/C26H35N5O2/c1-17-5-7-18(8-6-17)21(30-12-3-4-13-30)16-29-26(27-2)28-11-14-31-24(32)22-19-9-10-20(15-19)23(22)25(31)33/h5-10,19-23H,3-4,11-16H2,1-2H3,(H2,27,28,29). The summed E-state index contributed by atoms with van der Waals surface area (Å²) >= 11 is 0. The highest BCUT2D eigenvalue weighted by molar-refractivity contribution is 6.06. The van der Waals surface area contributed by atoms with Gasteiger partial charge in [0.2, 0.25) is 11.8 Å². The van der Waals surface area contributed by atoms with Crippen LogP contribution >= 0.6 is 0 Å². The van der Waals surface area contributed by atoms with Gasteiger partial charge in [0.25, 0.3) is 0 Å². The molecule has 2 aliphatic carbocycles. The fourth-order valence-corrected chi connectivity index (χ4v) is 6.18. The summed E-state index contributed by atoms with van der Waals surface area (Å²) in [6.07, 6.45) is 7.72. The van der Waals surface area contributed by atoms with E-state index in [1.807, 2.05) is 0 Å². The van der Waals surface area contributed by atoms with Gasteiger partial charge in [-0.15, -0.1) is 0 Å². The van der Waals surface area contributed by atoms with E-state index in [4.69, 9.17) is 0 Å². The Kier molecular flexibility index (Phi) is 6.23. The number of carbonyl (C=O) groups excluding carboxylic acids is 2. The van der Waals surface area contributed by atoms with Gasteiger partial charge >= 0.3 is 0 Å². The van der Waals surface area contributed by atoms with Gasteiger partial charge in [0.05, 0.1) is 17.9 Å². The summed E-state index contributed by atoms with van der Waals surface area (Å²) in [6, 6.07) is 9.08. The van der Waals surface area contributed by atoms with Crippen molar-refractivity contribution in [1.82, 2.24) is 20.4 Å². The van der Waals surface area contributed by atoms with E-state index >= 15 is 0 Å². The van der Waals surface area contributed by atoms with Crippen LogP contribution in [0, 0.1) is 30.6 Å². The van der Waals surface area contributed by atoms with E-state index in [9.17, 15) is 9.59 Å². The Morgan fingerprint density at radius 1 is 1.03 bits per heavy atom. The molecule has 7 heteroatoms. The van der Waals surface area contributed by atoms with E-state index in [1.54, 1.807) is 7.05 Å². The molecule has 1 saturated carbocycles. The Hall–Kier alpha value is -2.67. The molecule has 0 spiro atoms. The SMILES string of the molecule is CN=C(NCCN1C(=O)C2C3C=CC(C3)C2C1=O)NCC(c1ccc(C)cc1)N1CCCC1. The predicted octanol–water partition coefficient (Wildman–Crippen LogP) is 2.10. The molecule has 5 atom stereocenters. The van der Waals surface area contributed by atoms with Crippen LogP contribution in [0.15, 0.2) is 41.4 Å². The summed E-state index contributed by atoms with van der Waals surface area (Å²) in [5.41, 5.74) is 2.58. The maximum atomic E-state index is 12.9. The summed E-state index contributed by atoms with van der Waals surface area (Å²) in [4.78, 5) is 34.1. The van der Waals surface area contributed by atoms with Crippen molar-refractivity contribution in [1.29, 1.82) is 0 Å². The van der Waals surface area contributed by atoms with Crippen molar-refractivity contribution in [2.24, 2.45) is 28.7 Å². The van der Waals surface area contributed by atoms with Gasteiger partial charge in [0.1, 0.15) is 0 Å². The molecule has 5 rings (SSSR count). The first kappa shape index (κ1) is 22.1. The van der Waals surface area contributed by atoms with Crippen molar-refractivity contribution in [3.05, 3.63) is 47.5 Å². The number of hydrogen-bond acceptors (Lipinski definition) is 4. The van der Waals surface area contributed by atoms with Crippen LogP contribution in [-0.4, -0.2) is 67.3 Å². The molecule has 1 aromatic carbocycles. The van der Waals surface area contributed by atoms with E-state index < -0.39 is 0 Å². The topological polar surface area (TPSA) is 77.0 Å². The number of carbonyl (C=O) groups is 2. The largest absolute Gasteiger partial charge is 0.355 e. The smallest absolute Gasteiger partial charge is 0.233 e. The molecule has 7 nitrogen and oxygen atoms in total. The number of aliphatic imine (C=N–C) groups is 1. The lowest BCUT2D eigenvalue weighted by Gasteiger charge is -2.29. The monoisotopic (exact) mass is 449 g/mol. The lowest BCUT2D eigenvalue weighted by Crippen LogP contribution is -2.46. The molecule has 176 valence electrons. The van der Waals surface area contributed by atoms with Gasteiger partial charge in [-0.25, -0.2) is 0 Å². The summed E-state index contributed by atoms with van der Waals surface area (Å²) in [5.74, 6) is 0.995. The number of likely N-dealkylation sites (tertiary alicyclic amines) is 2. The van der Waals surface area contributed by atoms with Crippen LogP contribution in [0.5, 0.6) is 0 Å². The number of nitrogens with zero attached hydrogens (tertiary/aromatic N) is 3. The zero-order valence-electron chi connectivity index (χ0n) is 19.7. The fourth-order valence-electron chi connectivity index (χ4n) is 6.18. The first-order valence-corrected chi connectivity index (χ1v) is 12.4. The molecular weight excluding hydrogens is 414 g/mol. The third-order valence-corrected chi connectivity index (χ3v) is 7.92. The number of guanidine groups is 1. The van der Waals surface area contributed by atoms with Crippen LogP contribution in [0.1, 0.15) is 36.4 Å². The average molecular weight is 450 g/mol. The second kappa shape index (κ2) is 9.29. The molecule has 2 bridgehead atoms. The van der Waals surface area contributed by atoms with Crippen LogP contribution in [-0.2, 0) is 9.59 Å². The van der Waals surface area contributed by atoms with Gasteiger partial charge in [0, 0.05) is 26.7 Å². The van der Waals surface area contributed by atoms with Gasteiger partial charge in [-0.1, -0.05) is 42.0 Å². The van der Waals surface area contributed by atoms with E-state index in [0.717, 1.165) is 26.1 Å². The quantitative estimate of drug-likeness (QED) is 0.289. The number of imide groups is 1. The number of nitrogens with one attached hydrogen (secondary N) is 2. The first-order chi connectivity index (χ1) is 16.1.